The number of carboxylic acid groups (broad SMARTS) is 1. The zero-order chi connectivity index (χ0) is 18.0. The van der Waals surface area contributed by atoms with Crippen molar-refractivity contribution in [3.63, 3.8) is 0 Å². The summed E-state index contributed by atoms with van der Waals surface area (Å²) in [6.07, 6.45) is 0.470. The smallest absolute Gasteiger partial charge is 0.321 e. The lowest BCUT2D eigenvalue weighted by Gasteiger charge is -2.34. The lowest BCUT2D eigenvalue weighted by molar-refractivity contribution is -0.144. The molecule has 132 valence electrons. The number of nitrogens with zero attached hydrogens (tertiary/aromatic N) is 1. The van der Waals surface area contributed by atoms with E-state index >= 15 is 0 Å². The second-order valence-electron chi connectivity index (χ2n) is 6.08. The fourth-order valence-corrected chi connectivity index (χ4v) is 3.84. The Hall–Kier alpha value is -2.22. The summed E-state index contributed by atoms with van der Waals surface area (Å²) in [6.45, 7) is 1.01. The van der Waals surface area contributed by atoms with Crippen LogP contribution in [0.25, 0.3) is 0 Å². The van der Waals surface area contributed by atoms with Crippen LogP contribution in [-0.2, 0) is 34.3 Å². The predicted octanol–water partition coefficient (Wildman–Crippen LogP) is 1.61. The summed E-state index contributed by atoms with van der Waals surface area (Å²) in [5.74, 6) is -0.844. The molecule has 0 unspecified atom stereocenters. The molecule has 0 amide bonds. The van der Waals surface area contributed by atoms with Gasteiger partial charge in [-0.3, -0.25) is 9.69 Å². The fourth-order valence-electron chi connectivity index (χ4n) is 3.11. The molecule has 2 N–H and O–H groups in total. The van der Waals surface area contributed by atoms with E-state index in [-0.39, 0.29) is 4.90 Å². The average molecular weight is 360 g/mol. The molecule has 25 heavy (non-hydrogen) atoms. The van der Waals surface area contributed by atoms with Crippen LogP contribution >= 0.6 is 0 Å². The van der Waals surface area contributed by atoms with E-state index in [1.54, 1.807) is 12.1 Å². The van der Waals surface area contributed by atoms with Crippen molar-refractivity contribution in [3.05, 3.63) is 65.2 Å². The molecule has 1 aliphatic rings. The van der Waals surface area contributed by atoms with Crippen molar-refractivity contribution in [2.24, 2.45) is 0 Å². The Kier molecular flexibility index (Phi) is 4.89. The van der Waals surface area contributed by atoms with Crippen molar-refractivity contribution >= 4 is 16.0 Å². The van der Waals surface area contributed by atoms with Gasteiger partial charge in [0.15, 0.2) is 0 Å². The molecular weight excluding hydrogens is 340 g/mol. The summed E-state index contributed by atoms with van der Waals surface area (Å²) in [5.41, 5.74) is 3.08. The summed E-state index contributed by atoms with van der Waals surface area (Å²) in [6, 6.07) is 13.8. The molecule has 1 aliphatic heterocycles. The zero-order valence-electron chi connectivity index (χ0n) is 13.8. The number of carbonyl (C=O) groups is 1. The van der Waals surface area contributed by atoms with Crippen molar-refractivity contribution in [2.45, 2.75) is 30.4 Å². The minimum atomic E-state index is -3.47. The molecule has 0 aliphatic carbocycles. The van der Waals surface area contributed by atoms with Crippen LogP contribution in [0.1, 0.15) is 16.7 Å². The number of rotatable bonds is 5. The number of nitrogens with one attached hydrogen (secondary N) is 1. The fraction of sp³-hybridized carbons (Fsp3) is 0.278. The number of fused-ring (bicyclic) bond motifs is 1. The Morgan fingerprint density at radius 1 is 1.16 bits per heavy atom. The van der Waals surface area contributed by atoms with Gasteiger partial charge in [-0.05, 0) is 42.3 Å². The first-order valence-electron chi connectivity index (χ1n) is 7.97. The van der Waals surface area contributed by atoms with Crippen LogP contribution in [0.4, 0.5) is 0 Å². The summed E-state index contributed by atoms with van der Waals surface area (Å²) in [5, 5.41) is 9.57. The SMILES string of the molecule is CNS(=O)(=O)c1ccc(CN2Cc3ccccc3C[C@H]2C(=O)O)cc1. The topological polar surface area (TPSA) is 86.7 Å². The van der Waals surface area contributed by atoms with E-state index in [4.69, 9.17) is 0 Å². The maximum Gasteiger partial charge on any atom is 0.321 e. The summed E-state index contributed by atoms with van der Waals surface area (Å²) in [7, 11) is -2.10. The Morgan fingerprint density at radius 3 is 2.40 bits per heavy atom. The standard InChI is InChI=1S/C18H20N2O4S/c1-19-25(23,24)16-8-6-13(7-9-16)11-20-12-15-5-3-2-4-14(15)10-17(20)18(21)22/h2-9,17,19H,10-12H2,1H3,(H,21,22)/t17-/m0/s1. The van der Waals surface area contributed by atoms with E-state index in [1.807, 2.05) is 29.2 Å². The molecule has 0 saturated heterocycles. The van der Waals surface area contributed by atoms with Crippen molar-refractivity contribution in [3.8, 4) is 0 Å². The average Bonchev–Trinajstić information content (AvgIpc) is 2.61. The monoisotopic (exact) mass is 360 g/mol. The van der Waals surface area contributed by atoms with Gasteiger partial charge in [-0.15, -0.1) is 0 Å². The molecule has 1 atom stereocenters. The van der Waals surface area contributed by atoms with Crippen molar-refractivity contribution in [2.75, 3.05) is 7.05 Å². The van der Waals surface area contributed by atoms with Gasteiger partial charge >= 0.3 is 5.97 Å². The second kappa shape index (κ2) is 6.95. The lowest BCUT2D eigenvalue weighted by atomic mass is 9.93. The molecule has 6 nitrogen and oxygen atoms in total. The Morgan fingerprint density at radius 2 is 1.80 bits per heavy atom. The van der Waals surface area contributed by atoms with Gasteiger partial charge in [0.05, 0.1) is 4.90 Å². The van der Waals surface area contributed by atoms with Crippen LogP contribution in [-0.4, -0.2) is 37.5 Å². The third kappa shape index (κ3) is 3.73. The van der Waals surface area contributed by atoms with Gasteiger partial charge in [-0.25, -0.2) is 13.1 Å². The number of hydrogen-bond donors (Lipinski definition) is 2. The third-order valence-corrected chi connectivity index (χ3v) is 5.95. The molecular formula is C18H20N2O4S. The van der Waals surface area contributed by atoms with E-state index in [9.17, 15) is 18.3 Å². The largest absolute Gasteiger partial charge is 0.480 e. The Bertz CT molecular complexity index is 878. The molecule has 0 spiro atoms. The van der Waals surface area contributed by atoms with E-state index < -0.39 is 22.0 Å². The predicted molar refractivity (Wildman–Crippen MR) is 93.5 cm³/mol. The minimum Gasteiger partial charge on any atom is -0.480 e. The molecule has 0 radical (unpaired) electrons. The highest BCUT2D eigenvalue weighted by Gasteiger charge is 2.31. The highest BCUT2D eigenvalue weighted by molar-refractivity contribution is 7.89. The van der Waals surface area contributed by atoms with Crippen molar-refractivity contribution in [1.82, 2.24) is 9.62 Å². The van der Waals surface area contributed by atoms with E-state index in [0.29, 0.717) is 19.5 Å². The normalized spacial score (nSPS) is 17.9. The van der Waals surface area contributed by atoms with Crippen LogP contribution in [0.3, 0.4) is 0 Å². The quantitative estimate of drug-likeness (QED) is 0.846. The van der Waals surface area contributed by atoms with Gasteiger partial charge in [-0.1, -0.05) is 36.4 Å². The highest BCUT2D eigenvalue weighted by atomic mass is 32.2. The number of aliphatic carboxylic acids is 1. The number of sulfonamides is 1. The van der Waals surface area contributed by atoms with Crippen LogP contribution in [0.2, 0.25) is 0 Å². The van der Waals surface area contributed by atoms with Crippen LogP contribution in [0, 0.1) is 0 Å². The molecule has 2 aromatic carbocycles. The third-order valence-electron chi connectivity index (χ3n) is 4.52. The van der Waals surface area contributed by atoms with E-state index in [0.717, 1.165) is 16.7 Å². The summed E-state index contributed by atoms with van der Waals surface area (Å²) < 4.78 is 25.8. The number of hydrogen-bond acceptors (Lipinski definition) is 4. The maximum absolute atomic E-state index is 11.8. The molecule has 0 aromatic heterocycles. The van der Waals surface area contributed by atoms with Crippen LogP contribution in [0.15, 0.2) is 53.4 Å². The molecule has 0 saturated carbocycles. The summed E-state index contributed by atoms with van der Waals surface area (Å²) >= 11 is 0. The zero-order valence-corrected chi connectivity index (χ0v) is 14.7. The summed E-state index contributed by atoms with van der Waals surface area (Å²) in [4.78, 5) is 13.8. The van der Waals surface area contributed by atoms with Gasteiger partial charge in [0.25, 0.3) is 0 Å². The first kappa shape index (κ1) is 17.6. The van der Waals surface area contributed by atoms with Crippen LogP contribution in [0.5, 0.6) is 0 Å². The molecule has 3 rings (SSSR count). The molecule has 7 heteroatoms. The van der Waals surface area contributed by atoms with E-state index in [2.05, 4.69) is 4.72 Å². The Balaban J connectivity index is 1.82. The van der Waals surface area contributed by atoms with Gasteiger partial charge < -0.3 is 5.11 Å². The lowest BCUT2D eigenvalue weighted by Crippen LogP contribution is -2.45. The molecule has 0 bridgehead atoms. The highest BCUT2D eigenvalue weighted by Crippen LogP contribution is 2.25. The van der Waals surface area contributed by atoms with Crippen molar-refractivity contribution in [1.29, 1.82) is 0 Å². The first-order valence-corrected chi connectivity index (χ1v) is 9.45. The van der Waals surface area contributed by atoms with Crippen LogP contribution < -0.4 is 4.72 Å². The van der Waals surface area contributed by atoms with Gasteiger partial charge in [-0.2, -0.15) is 0 Å². The molecule has 2 aromatic rings. The maximum atomic E-state index is 11.8. The van der Waals surface area contributed by atoms with Crippen molar-refractivity contribution < 1.29 is 18.3 Å². The molecule has 1 heterocycles. The Labute approximate surface area is 147 Å². The van der Waals surface area contributed by atoms with Gasteiger partial charge in [0, 0.05) is 13.1 Å². The number of benzene rings is 2. The minimum absolute atomic E-state index is 0.192. The van der Waals surface area contributed by atoms with Gasteiger partial charge in [0.2, 0.25) is 10.0 Å². The van der Waals surface area contributed by atoms with E-state index in [1.165, 1.54) is 19.2 Å². The van der Waals surface area contributed by atoms with Gasteiger partial charge in [0.1, 0.15) is 6.04 Å². The second-order valence-corrected chi connectivity index (χ2v) is 7.97. The first-order chi connectivity index (χ1) is 11.9. The number of carboxylic acids is 1. The molecule has 0 fully saturated rings.